The summed E-state index contributed by atoms with van der Waals surface area (Å²) in [7, 11) is 0. The monoisotopic (exact) mass is 303 g/mol. The molecule has 2 aromatic heterocycles. The Labute approximate surface area is 135 Å². The highest BCUT2D eigenvalue weighted by molar-refractivity contribution is 5.97. The zero-order valence-corrected chi connectivity index (χ0v) is 12.8. The lowest BCUT2D eigenvalue weighted by atomic mass is 9.90. The number of carbonyl (C=O) groups is 1. The van der Waals surface area contributed by atoms with E-state index in [1.807, 2.05) is 29.2 Å². The first-order valence-electron chi connectivity index (χ1n) is 8.02. The van der Waals surface area contributed by atoms with Crippen LogP contribution in [0.15, 0.2) is 42.9 Å². The topological polar surface area (TPSA) is 46.1 Å². The SMILES string of the molecule is O=C1[C@H]2CCC[C@@H](C2)N1c1ccc(C#Cc2cccnc2)cn1. The molecule has 0 radical (unpaired) electrons. The lowest BCUT2D eigenvalue weighted by Gasteiger charge is -2.23. The Balaban J connectivity index is 1.55. The molecule has 1 aliphatic carbocycles. The van der Waals surface area contributed by atoms with Gasteiger partial charge in [0.2, 0.25) is 5.91 Å². The van der Waals surface area contributed by atoms with Gasteiger partial charge in [0.1, 0.15) is 5.82 Å². The largest absolute Gasteiger partial charge is 0.293 e. The molecule has 0 N–H and O–H groups in total. The second-order valence-electron chi connectivity index (χ2n) is 6.12. The third-order valence-corrected chi connectivity index (χ3v) is 4.61. The molecule has 4 rings (SSSR count). The zero-order valence-electron chi connectivity index (χ0n) is 12.8. The molecule has 2 aliphatic rings. The molecule has 1 amide bonds. The fourth-order valence-electron chi connectivity index (χ4n) is 3.48. The molecular formula is C19H17N3O. The number of rotatable bonds is 1. The maximum absolute atomic E-state index is 12.4. The molecule has 2 aromatic rings. The molecule has 114 valence electrons. The average Bonchev–Trinajstić information content (AvgIpc) is 2.83. The van der Waals surface area contributed by atoms with E-state index < -0.39 is 0 Å². The van der Waals surface area contributed by atoms with Gasteiger partial charge in [0.05, 0.1) is 0 Å². The Morgan fingerprint density at radius 1 is 1.09 bits per heavy atom. The summed E-state index contributed by atoms with van der Waals surface area (Å²) in [6, 6.07) is 7.96. The molecule has 1 saturated heterocycles. The van der Waals surface area contributed by atoms with Gasteiger partial charge in [-0.25, -0.2) is 4.98 Å². The van der Waals surface area contributed by atoms with Gasteiger partial charge in [-0.05, 0) is 43.5 Å². The van der Waals surface area contributed by atoms with Gasteiger partial charge in [-0.2, -0.15) is 0 Å². The summed E-state index contributed by atoms with van der Waals surface area (Å²) >= 11 is 0. The summed E-state index contributed by atoms with van der Waals surface area (Å²) in [6.45, 7) is 0. The molecule has 3 heterocycles. The molecule has 2 fully saturated rings. The van der Waals surface area contributed by atoms with Crippen LogP contribution in [0.25, 0.3) is 0 Å². The molecule has 1 saturated carbocycles. The quantitative estimate of drug-likeness (QED) is 0.761. The summed E-state index contributed by atoms with van der Waals surface area (Å²) in [4.78, 5) is 22.8. The van der Waals surface area contributed by atoms with Crippen molar-refractivity contribution in [3.8, 4) is 11.8 Å². The van der Waals surface area contributed by atoms with E-state index in [2.05, 4.69) is 21.8 Å². The van der Waals surface area contributed by atoms with Gasteiger partial charge in [-0.3, -0.25) is 14.7 Å². The molecule has 23 heavy (non-hydrogen) atoms. The van der Waals surface area contributed by atoms with Crippen LogP contribution in [0.2, 0.25) is 0 Å². The van der Waals surface area contributed by atoms with Crippen LogP contribution in [0.1, 0.15) is 36.8 Å². The van der Waals surface area contributed by atoms with Crippen LogP contribution in [0.4, 0.5) is 5.82 Å². The third-order valence-electron chi connectivity index (χ3n) is 4.61. The van der Waals surface area contributed by atoms with Gasteiger partial charge in [-0.1, -0.05) is 18.3 Å². The molecule has 1 aliphatic heterocycles. The number of fused-ring (bicyclic) bond motifs is 2. The Morgan fingerprint density at radius 2 is 1.96 bits per heavy atom. The minimum Gasteiger partial charge on any atom is -0.293 e. The van der Waals surface area contributed by atoms with Crippen molar-refractivity contribution >= 4 is 11.7 Å². The highest BCUT2D eigenvalue weighted by atomic mass is 16.2. The first-order chi connectivity index (χ1) is 11.3. The van der Waals surface area contributed by atoms with Crippen molar-refractivity contribution in [2.45, 2.75) is 31.7 Å². The van der Waals surface area contributed by atoms with E-state index in [1.54, 1.807) is 18.6 Å². The molecule has 2 bridgehead atoms. The zero-order chi connectivity index (χ0) is 15.6. The van der Waals surface area contributed by atoms with Gasteiger partial charge in [0.15, 0.2) is 0 Å². The normalized spacial score (nSPS) is 22.6. The summed E-state index contributed by atoms with van der Waals surface area (Å²) in [5.41, 5.74) is 1.72. The molecule has 4 nitrogen and oxygen atoms in total. The smallest absolute Gasteiger partial charge is 0.231 e. The molecule has 0 aromatic carbocycles. The van der Waals surface area contributed by atoms with Gasteiger partial charge >= 0.3 is 0 Å². The summed E-state index contributed by atoms with van der Waals surface area (Å²) < 4.78 is 0. The Bertz CT molecular complexity index is 774. The second kappa shape index (κ2) is 5.85. The maximum atomic E-state index is 12.4. The van der Waals surface area contributed by atoms with Crippen molar-refractivity contribution in [3.63, 3.8) is 0 Å². The highest BCUT2D eigenvalue weighted by Gasteiger charge is 2.42. The van der Waals surface area contributed by atoms with Crippen LogP contribution < -0.4 is 4.90 Å². The third kappa shape index (κ3) is 2.70. The van der Waals surface area contributed by atoms with Gasteiger partial charge < -0.3 is 0 Å². The van der Waals surface area contributed by atoms with E-state index in [4.69, 9.17) is 0 Å². The Kier molecular flexibility index (Phi) is 3.55. The van der Waals surface area contributed by atoms with Crippen molar-refractivity contribution < 1.29 is 4.79 Å². The van der Waals surface area contributed by atoms with Crippen molar-refractivity contribution in [2.75, 3.05) is 4.90 Å². The number of hydrogen-bond donors (Lipinski definition) is 0. The molecule has 0 spiro atoms. The maximum Gasteiger partial charge on any atom is 0.231 e. The minimum atomic E-state index is 0.209. The second-order valence-corrected chi connectivity index (χ2v) is 6.12. The van der Waals surface area contributed by atoms with Crippen molar-refractivity contribution in [3.05, 3.63) is 54.0 Å². The number of anilines is 1. The number of hydrogen-bond acceptors (Lipinski definition) is 3. The molecule has 4 heteroatoms. The molecule has 2 atom stereocenters. The van der Waals surface area contributed by atoms with Crippen LogP contribution in [0.5, 0.6) is 0 Å². The van der Waals surface area contributed by atoms with Crippen molar-refractivity contribution in [2.24, 2.45) is 5.92 Å². The molecular weight excluding hydrogens is 286 g/mol. The van der Waals surface area contributed by atoms with Gasteiger partial charge in [-0.15, -0.1) is 0 Å². The number of pyridine rings is 2. The first kappa shape index (κ1) is 14.0. The van der Waals surface area contributed by atoms with E-state index >= 15 is 0 Å². The highest BCUT2D eigenvalue weighted by Crippen LogP contribution is 2.38. The molecule has 0 unspecified atom stereocenters. The van der Waals surface area contributed by atoms with Crippen LogP contribution in [-0.4, -0.2) is 21.9 Å². The predicted octanol–water partition coefficient (Wildman–Crippen LogP) is 2.78. The number of amides is 1. The van der Waals surface area contributed by atoms with Crippen molar-refractivity contribution in [1.29, 1.82) is 0 Å². The first-order valence-corrected chi connectivity index (χ1v) is 8.02. The Hall–Kier alpha value is -2.67. The number of nitrogens with zero attached hydrogens (tertiary/aromatic N) is 3. The fourth-order valence-corrected chi connectivity index (χ4v) is 3.48. The van der Waals surface area contributed by atoms with Crippen LogP contribution >= 0.6 is 0 Å². The lowest BCUT2D eigenvalue weighted by molar-refractivity contribution is -0.120. The number of aromatic nitrogens is 2. The predicted molar refractivity (Wildman–Crippen MR) is 87.7 cm³/mol. The standard InChI is InChI=1S/C19H17N3O/c23-19-16-4-1-5-17(11-16)22(19)18-9-8-15(13-21-18)7-6-14-3-2-10-20-12-14/h2-3,8-10,12-13,16-17H,1,4-5,11H2/t16-,17-/m0/s1. The van der Waals surface area contributed by atoms with E-state index in [-0.39, 0.29) is 11.8 Å². The van der Waals surface area contributed by atoms with Gasteiger partial charge in [0, 0.05) is 41.7 Å². The van der Waals surface area contributed by atoms with E-state index in [9.17, 15) is 4.79 Å². The fraction of sp³-hybridized carbons (Fsp3) is 0.316. The summed E-state index contributed by atoms with van der Waals surface area (Å²) in [5.74, 6) is 7.36. The van der Waals surface area contributed by atoms with Gasteiger partial charge in [0.25, 0.3) is 0 Å². The summed E-state index contributed by atoms with van der Waals surface area (Å²) in [6.07, 6.45) is 9.46. The Morgan fingerprint density at radius 3 is 2.65 bits per heavy atom. The van der Waals surface area contributed by atoms with E-state index in [1.165, 1.54) is 0 Å². The minimum absolute atomic E-state index is 0.209. The number of carbonyl (C=O) groups excluding carboxylic acids is 1. The average molecular weight is 303 g/mol. The van der Waals surface area contributed by atoms with E-state index in [0.29, 0.717) is 6.04 Å². The van der Waals surface area contributed by atoms with Crippen molar-refractivity contribution in [1.82, 2.24) is 9.97 Å². The summed E-state index contributed by atoms with van der Waals surface area (Å²) in [5, 5.41) is 0. The van der Waals surface area contributed by atoms with Crippen LogP contribution in [0.3, 0.4) is 0 Å². The van der Waals surface area contributed by atoms with Crippen LogP contribution in [0, 0.1) is 17.8 Å². The lowest BCUT2D eigenvalue weighted by Crippen LogP contribution is -2.33. The van der Waals surface area contributed by atoms with Crippen LogP contribution in [-0.2, 0) is 4.79 Å². The van der Waals surface area contributed by atoms with E-state index in [0.717, 1.165) is 42.6 Å².